The van der Waals surface area contributed by atoms with Crippen LogP contribution in [0.5, 0.6) is 0 Å². The predicted molar refractivity (Wildman–Crippen MR) is 124 cm³/mol. The second-order valence-corrected chi connectivity index (χ2v) is 6.80. The van der Waals surface area contributed by atoms with Crippen molar-refractivity contribution in [2.75, 3.05) is 28.2 Å². The molecule has 0 aliphatic heterocycles. The van der Waals surface area contributed by atoms with Gasteiger partial charge in [0.25, 0.3) is 23.6 Å². The van der Waals surface area contributed by atoms with E-state index in [1.807, 2.05) is 0 Å². The Labute approximate surface area is 203 Å². The lowest BCUT2D eigenvalue weighted by Gasteiger charge is -2.09. The van der Waals surface area contributed by atoms with Gasteiger partial charge in [0.15, 0.2) is 0 Å². The minimum atomic E-state index is -0.592. The van der Waals surface area contributed by atoms with Crippen molar-refractivity contribution in [3.8, 4) is 0 Å². The van der Waals surface area contributed by atoms with E-state index in [2.05, 4.69) is 21.1 Å². The van der Waals surface area contributed by atoms with Gasteiger partial charge < -0.3 is 0 Å². The summed E-state index contributed by atoms with van der Waals surface area (Å²) >= 11 is 0. The van der Waals surface area contributed by atoms with Crippen molar-refractivity contribution < 1.29 is 19.2 Å². The van der Waals surface area contributed by atoms with Crippen LogP contribution in [-0.4, -0.2) is 71.9 Å². The molecule has 0 radical (unpaired) electrons. The predicted octanol–water partition coefficient (Wildman–Crippen LogP) is 2.39. The summed E-state index contributed by atoms with van der Waals surface area (Å²) in [5.41, 5.74) is 0.816. The van der Waals surface area contributed by atoms with Gasteiger partial charge in [-0.05, 0) is 48.5 Å². The average Bonchev–Trinajstić information content (AvgIpc) is 2.94. The molecule has 0 atom stereocenters. The van der Waals surface area contributed by atoms with Crippen LogP contribution in [0.2, 0.25) is 0 Å². The van der Waals surface area contributed by atoms with E-state index >= 15 is 0 Å². The summed E-state index contributed by atoms with van der Waals surface area (Å²) in [7, 11) is 4.88. The molecule has 0 aliphatic carbocycles. The number of nitrogens with zero attached hydrogens (tertiary/aromatic N) is 8. The minimum absolute atomic E-state index is 0.204. The van der Waals surface area contributed by atoms with Crippen LogP contribution in [0, 0.1) is 19.6 Å². The highest BCUT2D eigenvalue weighted by Crippen LogP contribution is 2.10. The van der Waals surface area contributed by atoms with Crippen molar-refractivity contribution in [3.63, 3.8) is 0 Å². The molecule has 2 aromatic rings. The van der Waals surface area contributed by atoms with Gasteiger partial charge in [0, 0.05) is 50.4 Å². The van der Waals surface area contributed by atoms with Gasteiger partial charge in [-0.15, -0.1) is 19.6 Å². The summed E-state index contributed by atoms with van der Waals surface area (Å²) in [6, 6.07) is 10.9. The number of benzene rings is 2. The number of carbonyl (C=O) groups excluding carboxylic acids is 4. The number of amides is 4. The molecular weight excluding hydrogens is 480 g/mol. The van der Waals surface area contributed by atoms with Crippen molar-refractivity contribution in [2.45, 2.75) is 0 Å². The maximum atomic E-state index is 11.5. The topological polar surface area (TPSA) is 199 Å². The number of hydrogen-bond donors (Lipinski definition) is 0. The van der Waals surface area contributed by atoms with Crippen molar-refractivity contribution in [3.05, 3.63) is 90.4 Å². The molecule has 0 fully saturated rings. The van der Waals surface area contributed by atoms with E-state index in [1.54, 1.807) is 0 Å². The van der Waals surface area contributed by atoms with Crippen LogP contribution in [0.4, 0.5) is 0 Å². The Hall–Kier alpha value is -5.28. The average molecular weight is 500 g/mol. The SMILES string of the molecule is CN(N=O)C(=O)c1ccc(C(=O)N(C)N=O)cc1.CN(N=O)C(=O)c1ccc(C(=O)N(C)N=O)cc1. The largest absolute Gasteiger partial charge is 0.276 e. The smallest absolute Gasteiger partial charge is 0.267 e. The number of carbonyl (C=O) groups is 4. The Bertz CT molecular complexity index is 972. The molecule has 0 bridgehead atoms. The Balaban J connectivity index is 0.000000360. The van der Waals surface area contributed by atoms with Gasteiger partial charge >= 0.3 is 0 Å². The van der Waals surface area contributed by atoms with Crippen molar-refractivity contribution in [1.82, 2.24) is 20.0 Å². The second-order valence-electron chi connectivity index (χ2n) is 6.80. The second kappa shape index (κ2) is 13.4. The standard InChI is InChI=1S/2C10H10N4O4/c2*1-13(11-17)9(15)7-3-5-8(6-4-7)10(16)14(2)12-18/h2*3-6H,1-2H3. The molecular formula is C20H20N8O8. The van der Waals surface area contributed by atoms with Crippen molar-refractivity contribution >= 4 is 23.6 Å². The Kier molecular flexibility index (Phi) is 10.7. The summed E-state index contributed by atoms with van der Waals surface area (Å²) in [6.45, 7) is 0. The molecule has 0 heterocycles. The maximum Gasteiger partial charge on any atom is 0.276 e. The van der Waals surface area contributed by atoms with Gasteiger partial charge in [-0.3, -0.25) is 19.2 Å². The molecule has 36 heavy (non-hydrogen) atoms. The molecule has 0 aliphatic rings. The lowest BCUT2D eigenvalue weighted by Crippen LogP contribution is -2.22. The van der Waals surface area contributed by atoms with Gasteiger partial charge in [0.2, 0.25) is 0 Å². The minimum Gasteiger partial charge on any atom is -0.267 e. The van der Waals surface area contributed by atoms with E-state index in [9.17, 15) is 38.8 Å². The Morgan fingerprint density at radius 2 is 0.556 bits per heavy atom. The van der Waals surface area contributed by atoms with E-state index < -0.39 is 23.6 Å². The van der Waals surface area contributed by atoms with Crippen LogP contribution in [0.3, 0.4) is 0 Å². The molecule has 0 saturated carbocycles. The highest BCUT2D eigenvalue weighted by atomic mass is 16.3. The van der Waals surface area contributed by atoms with Crippen molar-refractivity contribution in [1.29, 1.82) is 0 Å². The third-order valence-electron chi connectivity index (χ3n) is 4.42. The van der Waals surface area contributed by atoms with Crippen LogP contribution in [0.1, 0.15) is 41.4 Å². The summed E-state index contributed by atoms with van der Waals surface area (Å²) in [6.07, 6.45) is 0. The zero-order chi connectivity index (χ0) is 27.4. The molecule has 16 nitrogen and oxygen atoms in total. The first kappa shape index (κ1) is 28.8. The molecule has 4 amide bonds. The first-order chi connectivity index (χ1) is 17.0. The molecule has 188 valence electrons. The summed E-state index contributed by atoms with van der Waals surface area (Å²) in [5, 5.41) is 12.4. The number of nitroso groups, excluding NO2 is 4. The quantitative estimate of drug-likeness (QED) is 0.388. The van der Waals surface area contributed by atoms with Gasteiger partial charge in [0.1, 0.15) is 0 Å². The van der Waals surface area contributed by atoms with Gasteiger partial charge in [-0.25, -0.2) is 0 Å². The monoisotopic (exact) mass is 500 g/mol. The third kappa shape index (κ3) is 7.37. The van der Waals surface area contributed by atoms with Gasteiger partial charge in [-0.2, -0.15) is 20.0 Å². The highest BCUT2D eigenvalue weighted by Gasteiger charge is 2.16. The summed E-state index contributed by atoms with van der Waals surface area (Å²) < 4.78 is 0. The zero-order valence-electron chi connectivity index (χ0n) is 19.5. The lowest BCUT2D eigenvalue weighted by molar-refractivity contribution is 0.0785. The molecule has 0 unspecified atom stereocenters. The molecule has 0 aromatic heterocycles. The number of rotatable bonds is 8. The molecule has 2 aromatic carbocycles. The Morgan fingerprint density at radius 1 is 0.417 bits per heavy atom. The summed E-state index contributed by atoms with van der Waals surface area (Å²) in [5.74, 6) is -2.37. The third-order valence-corrected chi connectivity index (χ3v) is 4.42. The normalized spacial score (nSPS) is 9.44. The zero-order valence-corrected chi connectivity index (χ0v) is 19.5. The van der Waals surface area contributed by atoms with E-state index in [0.29, 0.717) is 20.0 Å². The maximum absolute atomic E-state index is 11.5. The van der Waals surface area contributed by atoms with Gasteiger partial charge in [-0.1, -0.05) is 0 Å². The van der Waals surface area contributed by atoms with E-state index in [-0.39, 0.29) is 22.3 Å². The lowest BCUT2D eigenvalue weighted by atomic mass is 10.1. The molecule has 0 saturated heterocycles. The van der Waals surface area contributed by atoms with E-state index in [1.165, 1.54) is 76.7 Å². The fourth-order valence-electron chi connectivity index (χ4n) is 2.41. The van der Waals surface area contributed by atoms with Gasteiger partial charge in [0.05, 0.1) is 21.1 Å². The van der Waals surface area contributed by atoms with Crippen LogP contribution in [0.25, 0.3) is 0 Å². The van der Waals surface area contributed by atoms with Crippen LogP contribution in [-0.2, 0) is 0 Å². The number of hydrogen-bond acceptors (Lipinski definition) is 12. The fourth-order valence-corrected chi connectivity index (χ4v) is 2.41. The first-order valence-electron chi connectivity index (χ1n) is 9.67. The molecule has 16 heteroatoms. The Morgan fingerprint density at radius 3 is 0.667 bits per heavy atom. The highest BCUT2D eigenvalue weighted by molar-refractivity contribution is 5.98. The van der Waals surface area contributed by atoms with E-state index in [4.69, 9.17) is 0 Å². The molecule has 0 spiro atoms. The van der Waals surface area contributed by atoms with Crippen molar-refractivity contribution in [2.24, 2.45) is 21.1 Å². The van der Waals surface area contributed by atoms with Crippen LogP contribution >= 0.6 is 0 Å². The molecule has 2 rings (SSSR count). The fraction of sp³-hybridized carbons (Fsp3) is 0.200. The van der Waals surface area contributed by atoms with E-state index in [0.717, 1.165) is 0 Å². The van der Waals surface area contributed by atoms with Crippen LogP contribution in [0.15, 0.2) is 69.7 Å². The van der Waals surface area contributed by atoms with Crippen LogP contribution < -0.4 is 0 Å². The first-order valence-corrected chi connectivity index (χ1v) is 9.67. The molecule has 0 N–H and O–H groups in total. The summed E-state index contributed by atoms with van der Waals surface area (Å²) in [4.78, 5) is 86.7.